The second-order valence-corrected chi connectivity index (χ2v) is 26.7. The van der Waals surface area contributed by atoms with Crippen molar-refractivity contribution in [2.75, 3.05) is 14.7 Å². The Kier molecular flexibility index (Phi) is 9.97. The summed E-state index contributed by atoms with van der Waals surface area (Å²) in [5.74, 6) is 0. The summed E-state index contributed by atoms with van der Waals surface area (Å²) in [5, 5.41) is 2.70. The van der Waals surface area contributed by atoms with Crippen LogP contribution < -0.4 is 31.1 Å². The molecule has 3 heterocycles. The second-order valence-electron chi connectivity index (χ2n) is 25.7. The van der Waals surface area contributed by atoms with Crippen molar-refractivity contribution in [2.45, 2.75) is 129 Å². The number of rotatable bonds is 5. The number of benzene rings is 8. The zero-order valence-corrected chi connectivity index (χ0v) is 45.8. The van der Waals surface area contributed by atoms with Gasteiger partial charge in [0.25, 0.3) is 6.71 Å². The predicted octanol–water partition coefficient (Wildman–Crippen LogP) is 17.5. The highest BCUT2D eigenvalue weighted by atomic mass is 32.1. The summed E-state index contributed by atoms with van der Waals surface area (Å²) in [6, 6.07) is 61.0. The number of nitrogens with zero attached hydrogens (tertiary/aromatic N) is 3. The predicted molar refractivity (Wildman–Crippen MR) is 317 cm³/mol. The Morgan fingerprint density at radius 2 is 1.08 bits per heavy atom. The van der Waals surface area contributed by atoms with Crippen molar-refractivity contribution in [2.24, 2.45) is 0 Å². The fourth-order valence-corrected chi connectivity index (χ4v) is 15.4. The molecule has 364 valence electrons. The SMILES string of the molecule is Cc1cc2c3c(c1)N(c1ccc(C(C)(C)C)c4c1sc1ccccc14)c1cc(N(c4ccccc4)c4ccccc4)ccc1B3c1cc3c(cc1N2c1ccc2c(c1)C(C)(C)CCC2(C)C)C(C)(C)CC3(C)C. The van der Waals surface area contributed by atoms with Crippen molar-refractivity contribution in [3.05, 3.63) is 191 Å². The number of anilines is 9. The minimum atomic E-state index is -0.0570. The molecule has 0 amide bonds. The molecule has 0 fully saturated rings. The van der Waals surface area contributed by atoms with Gasteiger partial charge >= 0.3 is 0 Å². The summed E-state index contributed by atoms with van der Waals surface area (Å²) in [7, 11) is 0. The largest absolute Gasteiger partial charge is 0.311 e. The third kappa shape index (κ3) is 6.97. The Morgan fingerprint density at radius 3 is 1.75 bits per heavy atom. The Morgan fingerprint density at radius 1 is 0.493 bits per heavy atom. The number of hydrogen-bond acceptors (Lipinski definition) is 4. The number of thiophene rings is 1. The van der Waals surface area contributed by atoms with Crippen LogP contribution in [0.15, 0.2) is 158 Å². The zero-order valence-electron chi connectivity index (χ0n) is 45.0. The van der Waals surface area contributed by atoms with Gasteiger partial charge < -0.3 is 14.7 Å². The topological polar surface area (TPSA) is 9.72 Å². The molecule has 13 rings (SSSR count). The third-order valence-electron chi connectivity index (χ3n) is 17.6. The number of hydrogen-bond donors (Lipinski definition) is 0. The van der Waals surface area contributed by atoms with E-state index in [4.69, 9.17) is 0 Å². The van der Waals surface area contributed by atoms with E-state index in [2.05, 4.69) is 256 Å². The van der Waals surface area contributed by atoms with Gasteiger partial charge in [0.1, 0.15) is 0 Å². The summed E-state index contributed by atoms with van der Waals surface area (Å²) in [5.41, 5.74) is 23.8. The molecular formula is C68H68BN3S. The quantitative estimate of drug-likeness (QED) is 0.159. The maximum atomic E-state index is 2.69. The maximum absolute atomic E-state index is 2.69. The summed E-state index contributed by atoms with van der Waals surface area (Å²) < 4.78 is 2.65. The van der Waals surface area contributed by atoms with Crippen LogP contribution in [0.25, 0.3) is 20.2 Å². The highest BCUT2D eigenvalue weighted by Gasteiger charge is 2.49. The third-order valence-corrected chi connectivity index (χ3v) is 18.8. The number of fused-ring (bicyclic) bond motifs is 9. The first-order chi connectivity index (χ1) is 34.7. The van der Waals surface area contributed by atoms with E-state index in [0.29, 0.717) is 0 Å². The van der Waals surface area contributed by atoms with Gasteiger partial charge in [0.15, 0.2) is 0 Å². The molecule has 0 bridgehead atoms. The molecule has 4 aliphatic rings. The van der Waals surface area contributed by atoms with Crippen LogP contribution in [-0.2, 0) is 27.1 Å². The smallest absolute Gasteiger partial charge is 0.252 e. The fraction of sp³-hybridized carbons (Fsp3) is 0.294. The van der Waals surface area contributed by atoms with Crippen LogP contribution in [0.2, 0.25) is 0 Å². The molecule has 0 unspecified atom stereocenters. The molecule has 0 spiro atoms. The van der Waals surface area contributed by atoms with Crippen LogP contribution >= 0.6 is 11.3 Å². The van der Waals surface area contributed by atoms with Gasteiger partial charge in [0, 0.05) is 61.0 Å². The van der Waals surface area contributed by atoms with Gasteiger partial charge in [-0.1, -0.05) is 155 Å². The van der Waals surface area contributed by atoms with Crippen LogP contribution in [-0.4, -0.2) is 6.71 Å². The molecule has 8 aromatic carbocycles. The minimum Gasteiger partial charge on any atom is -0.311 e. The number of aryl methyl sites for hydroxylation is 1. The normalized spacial score (nSPS) is 17.5. The lowest BCUT2D eigenvalue weighted by Gasteiger charge is -2.46. The van der Waals surface area contributed by atoms with E-state index in [1.165, 1.54) is 117 Å². The Balaban J connectivity index is 1.15. The van der Waals surface area contributed by atoms with Crippen LogP contribution in [0.5, 0.6) is 0 Å². The van der Waals surface area contributed by atoms with E-state index in [1.54, 1.807) is 0 Å². The minimum absolute atomic E-state index is 0.0105. The molecule has 5 heteroatoms. The molecule has 0 atom stereocenters. The van der Waals surface area contributed by atoms with Crippen LogP contribution in [0.1, 0.15) is 129 Å². The molecular weight excluding hydrogens is 902 g/mol. The van der Waals surface area contributed by atoms with Crippen molar-refractivity contribution >= 4 is 106 Å². The van der Waals surface area contributed by atoms with Gasteiger partial charge in [-0.15, -0.1) is 11.3 Å². The Hall–Kier alpha value is -6.56. The summed E-state index contributed by atoms with van der Waals surface area (Å²) in [4.78, 5) is 7.81. The van der Waals surface area contributed by atoms with Gasteiger partial charge in [-0.25, -0.2) is 0 Å². The molecule has 2 aliphatic carbocycles. The average molecular weight is 970 g/mol. The van der Waals surface area contributed by atoms with E-state index in [0.717, 1.165) is 23.5 Å². The van der Waals surface area contributed by atoms with Crippen molar-refractivity contribution in [3.8, 4) is 0 Å². The van der Waals surface area contributed by atoms with Crippen molar-refractivity contribution in [1.29, 1.82) is 0 Å². The van der Waals surface area contributed by atoms with Crippen molar-refractivity contribution in [3.63, 3.8) is 0 Å². The molecule has 2 aliphatic heterocycles. The zero-order chi connectivity index (χ0) is 50.7. The fourth-order valence-electron chi connectivity index (χ4n) is 14.2. The van der Waals surface area contributed by atoms with E-state index in [1.807, 2.05) is 11.3 Å². The van der Waals surface area contributed by atoms with Gasteiger partial charge in [0.2, 0.25) is 0 Å². The molecule has 0 N–H and O–H groups in total. The lowest BCUT2D eigenvalue weighted by Crippen LogP contribution is -2.61. The Bertz CT molecular complexity index is 3700. The lowest BCUT2D eigenvalue weighted by atomic mass is 9.33. The molecule has 0 radical (unpaired) electrons. The maximum Gasteiger partial charge on any atom is 0.252 e. The highest BCUT2D eigenvalue weighted by molar-refractivity contribution is 7.26. The summed E-state index contributed by atoms with van der Waals surface area (Å²) >= 11 is 1.94. The van der Waals surface area contributed by atoms with E-state index >= 15 is 0 Å². The second kappa shape index (κ2) is 15.7. The van der Waals surface area contributed by atoms with E-state index < -0.39 is 0 Å². The van der Waals surface area contributed by atoms with E-state index in [-0.39, 0.29) is 33.8 Å². The van der Waals surface area contributed by atoms with Crippen LogP contribution in [0.3, 0.4) is 0 Å². The van der Waals surface area contributed by atoms with Crippen LogP contribution in [0.4, 0.5) is 51.2 Å². The molecule has 0 saturated carbocycles. The molecule has 1 aromatic heterocycles. The highest BCUT2D eigenvalue weighted by Crippen LogP contribution is 2.56. The van der Waals surface area contributed by atoms with Gasteiger partial charge in [-0.05, 0) is 182 Å². The van der Waals surface area contributed by atoms with Gasteiger partial charge in [0.05, 0.1) is 10.4 Å². The molecule has 3 nitrogen and oxygen atoms in total. The molecule has 0 saturated heterocycles. The first kappa shape index (κ1) is 46.2. The average Bonchev–Trinajstić information content (AvgIpc) is 3.84. The standard InChI is InChI=1S/C68H68BN3S/c1-42-35-58-62-59(36-42)72(55-32-30-49(64(2,3)4)61-47-25-19-20-26-60(47)73-63(55)61)56-38-46(70(43-21-15-13-16-22-43)44-23-17-14-18-24-44)28-31-53(56)69(62)54-39-51-52(68(11,12)41-67(51,9)10)40-57(54)71(58)45-27-29-48-50(37-45)66(7,8)34-33-65(48,5)6/h13-32,35-40H,33-34,41H2,1-12H3. The first-order valence-electron chi connectivity index (χ1n) is 26.8. The van der Waals surface area contributed by atoms with Crippen LogP contribution in [0, 0.1) is 6.92 Å². The molecule has 73 heavy (non-hydrogen) atoms. The lowest BCUT2D eigenvalue weighted by molar-refractivity contribution is 0.332. The monoisotopic (exact) mass is 970 g/mol. The number of para-hydroxylation sites is 2. The summed E-state index contributed by atoms with van der Waals surface area (Å²) in [6.07, 6.45) is 3.48. The van der Waals surface area contributed by atoms with E-state index in [9.17, 15) is 0 Å². The van der Waals surface area contributed by atoms with Crippen molar-refractivity contribution in [1.82, 2.24) is 0 Å². The van der Waals surface area contributed by atoms with Crippen molar-refractivity contribution < 1.29 is 0 Å². The molecule has 9 aromatic rings. The van der Waals surface area contributed by atoms with Gasteiger partial charge in [-0.3, -0.25) is 0 Å². The first-order valence-corrected chi connectivity index (χ1v) is 27.6. The van der Waals surface area contributed by atoms with Gasteiger partial charge in [-0.2, -0.15) is 0 Å². The Labute approximate surface area is 438 Å². The summed E-state index contributed by atoms with van der Waals surface area (Å²) in [6.45, 7) is 29.1.